The number of aromatic nitrogens is 2. The van der Waals surface area contributed by atoms with E-state index in [-0.39, 0.29) is 16.2 Å². The Morgan fingerprint density at radius 1 is 0.923 bits per heavy atom. The topological polar surface area (TPSA) is 52.0 Å². The molecule has 1 heterocycles. The van der Waals surface area contributed by atoms with Gasteiger partial charge in [0.2, 0.25) is 0 Å². The summed E-state index contributed by atoms with van der Waals surface area (Å²) in [6, 6.07) is 13.8. The lowest BCUT2D eigenvalue weighted by Crippen LogP contribution is -2.13. The fourth-order valence-electron chi connectivity index (χ4n) is 2.79. The number of alkyl halides is 3. The standard InChI is InChI=1S/C18H15F3N2O2S/c1-23-17(18(19,20)21)15(12-6-4-3-5-7-12)16(22-23)13-8-10-14(11-9-13)26(2,24)25/h3-11H,1-2H3. The van der Waals surface area contributed by atoms with Gasteiger partial charge >= 0.3 is 6.18 Å². The highest BCUT2D eigenvalue weighted by atomic mass is 32.2. The third-order valence-electron chi connectivity index (χ3n) is 3.93. The number of hydrogen-bond donors (Lipinski definition) is 0. The van der Waals surface area contributed by atoms with Crippen LogP contribution in [0, 0.1) is 0 Å². The summed E-state index contributed by atoms with van der Waals surface area (Å²) >= 11 is 0. The van der Waals surface area contributed by atoms with E-state index in [1.807, 2.05) is 0 Å². The second-order valence-electron chi connectivity index (χ2n) is 5.86. The lowest BCUT2D eigenvalue weighted by Gasteiger charge is -2.11. The van der Waals surface area contributed by atoms with Crippen LogP contribution < -0.4 is 0 Å². The molecule has 0 saturated carbocycles. The van der Waals surface area contributed by atoms with Crippen LogP contribution >= 0.6 is 0 Å². The highest BCUT2D eigenvalue weighted by Gasteiger charge is 2.39. The third-order valence-corrected chi connectivity index (χ3v) is 5.06. The van der Waals surface area contributed by atoms with Gasteiger partial charge in [-0.05, 0) is 17.7 Å². The van der Waals surface area contributed by atoms with Crippen molar-refractivity contribution in [2.75, 3.05) is 6.26 Å². The highest BCUT2D eigenvalue weighted by Crippen LogP contribution is 2.42. The second kappa shape index (κ2) is 6.28. The van der Waals surface area contributed by atoms with Crippen molar-refractivity contribution < 1.29 is 21.6 Å². The summed E-state index contributed by atoms with van der Waals surface area (Å²) in [4.78, 5) is 0.0921. The summed E-state index contributed by atoms with van der Waals surface area (Å²) in [5, 5.41) is 4.06. The normalized spacial score (nSPS) is 12.3. The molecule has 3 rings (SSSR count). The molecule has 0 aliphatic carbocycles. The lowest BCUT2D eigenvalue weighted by molar-refractivity contribution is -0.143. The molecule has 0 bridgehead atoms. The van der Waals surface area contributed by atoms with E-state index in [1.165, 1.54) is 31.3 Å². The summed E-state index contributed by atoms with van der Waals surface area (Å²) in [6.07, 6.45) is -3.52. The lowest BCUT2D eigenvalue weighted by atomic mass is 9.98. The molecule has 0 amide bonds. The number of rotatable bonds is 3. The number of sulfone groups is 1. The zero-order chi connectivity index (χ0) is 19.1. The van der Waals surface area contributed by atoms with Crippen LogP contribution in [0.2, 0.25) is 0 Å². The van der Waals surface area contributed by atoms with E-state index in [0.29, 0.717) is 11.1 Å². The summed E-state index contributed by atoms with van der Waals surface area (Å²) in [5.74, 6) is 0. The van der Waals surface area contributed by atoms with Crippen molar-refractivity contribution in [1.82, 2.24) is 9.78 Å². The van der Waals surface area contributed by atoms with Crippen molar-refractivity contribution in [1.29, 1.82) is 0 Å². The fourth-order valence-corrected chi connectivity index (χ4v) is 3.42. The van der Waals surface area contributed by atoms with E-state index in [9.17, 15) is 21.6 Å². The van der Waals surface area contributed by atoms with Crippen LogP contribution in [0.15, 0.2) is 59.5 Å². The molecule has 0 saturated heterocycles. The third kappa shape index (κ3) is 3.37. The molecule has 0 spiro atoms. The van der Waals surface area contributed by atoms with Gasteiger partial charge in [0, 0.05) is 24.4 Å². The quantitative estimate of drug-likeness (QED) is 0.685. The second-order valence-corrected chi connectivity index (χ2v) is 7.87. The summed E-state index contributed by atoms with van der Waals surface area (Å²) in [6.45, 7) is 0. The fraction of sp³-hybridized carbons (Fsp3) is 0.167. The first-order chi connectivity index (χ1) is 12.1. The predicted octanol–water partition coefficient (Wildman–Crippen LogP) is 4.18. The Hall–Kier alpha value is -2.61. The molecule has 26 heavy (non-hydrogen) atoms. The predicted molar refractivity (Wildman–Crippen MR) is 92.2 cm³/mol. The Morgan fingerprint density at radius 3 is 2.00 bits per heavy atom. The van der Waals surface area contributed by atoms with Crippen LogP contribution in [0.25, 0.3) is 22.4 Å². The van der Waals surface area contributed by atoms with Crippen LogP contribution in [0.4, 0.5) is 13.2 Å². The van der Waals surface area contributed by atoms with Gasteiger partial charge in [-0.25, -0.2) is 8.42 Å². The van der Waals surface area contributed by atoms with Crippen LogP contribution in [-0.4, -0.2) is 24.5 Å². The zero-order valence-electron chi connectivity index (χ0n) is 13.9. The van der Waals surface area contributed by atoms with Gasteiger partial charge in [-0.1, -0.05) is 42.5 Å². The molecule has 0 N–H and O–H groups in total. The molecular formula is C18H15F3N2O2S. The molecule has 8 heteroatoms. The maximum Gasteiger partial charge on any atom is 0.433 e. The summed E-state index contributed by atoms with van der Waals surface area (Å²) in [7, 11) is -2.16. The van der Waals surface area contributed by atoms with E-state index in [4.69, 9.17) is 0 Å². The molecule has 4 nitrogen and oxygen atoms in total. The molecule has 3 aromatic rings. The van der Waals surface area contributed by atoms with Crippen LogP contribution in [0.5, 0.6) is 0 Å². The van der Waals surface area contributed by atoms with Crippen molar-refractivity contribution in [3.63, 3.8) is 0 Å². The number of aryl methyl sites for hydroxylation is 1. The first-order valence-corrected chi connectivity index (χ1v) is 9.48. The maximum absolute atomic E-state index is 13.6. The molecular weight excluding hydrogens is 365 g/mol. The molecule has 0 aliphatic heterocycles. The summed E-state index contributed by atoms with van der Waals surface area (Å²) in [5.41, 5.74) is 0.0436. The van der Waals surface area contributed by atoms with Crippen LogP contribution in [0.3, 0.4) is 0 Å². The van der Waals surface area contributed by atoms with Gasteiger partial charge in [0.05, 0.1) is 4.90 Å². The monoisotopic (exact) mass is 380 g/mol. The average molecular weight is 380 g/mol. The van der Waals surface area contributed by atoms with Gasteiger partial charge in [0.1, 0.15) is 5.69 Å². The Bertz CT molecular complexity index is 1040. The Kier molecular flexibility index (Phi) is 4.39. The Balaban J connectivity index is 2.26. The van der Waals surface area contributed by atoms with Gasteiger partial charge in [-0.3, -0.25) is 4.68 Å². The minimum Gasteiger partial charge on any atom is -0.262 e. The number of hydrogen-bond acceptors (Lipinski definition) is 3. The SMILES string of the molecule is Cn1nc(-c2ccc(S(C)(=O)=O)cc2)c(-c2ccccc2)c1C(F)(F)F. The number of benzene rings is 2. The minimum absolute atomic E-state index is 0.0345. The number of nitrogens with zero attached hydrogens (tertiary/aromatic N) is 2. The van der Waals surface area contributed by atoms with Gasteiger partial charge in [-0.15, -0.1) is 0 Å². The van der Waals surface area contributed by atoms with Gasteiger partial charge in [-0.2, -0.15) is 18.3 Å². The average Bonchev–Trinajstić information content (AvgIpc) is 2.92. The molecule has 0 radical (unpaired) electrons. The van der Waals surface area contributed by atoms with E-state index >= 15 is 0 Å². The van der Waals surface area contributed by atoms with Crippen LogP contribution in [-0.2, 0) is 23.1 Å². The zero-order valence-corrected chi connectivity index (χ0v) is 14.8. The Morgan fingerprint density at radius 2 is 1.50 bits per heavy atom. The molecule has 136 valence electrons. The molecule has 2 aromatic carbocycles. The highest BCUT2D eigenvalue weighted by molar-refractivity contribution is 7.90. The number of halogens is 3. The van der Waals surface area contributed by atoms with E-state index < -0.39 is 21.7 Å². The first kappa shape index (κ1) is 18.2. The Labute approximate surface area is 148 Å². The summed E-state index contributed by atoms with van der Waals surface area (Å²) < 4.78 is 64.8. The molecule has 0 unspecified atom stereocenters. The smallest absolute Gasteiger partial charge is 0.262 e. The molecule has 0 atom stereocenters. The van der Waals surface area contributed by atoms with Crippen molar-refractivity contribution >= 4 is 9.84 Å². The van der Waals surface area contributed by atoms with Crippen molar-refractivity contribution in [3.05, 3.63) is 60.3 Å². The van der Waals surface area contributed by atoms with Crippen molar-refractivity contribution in [2.45, 2.75) is 11.1 Å². The van der Waals surface area contributed by atoms with E-state index in [1.54, 1.807) is 30.3 Å². The molecule has 0 fully saturated rings. The minimum atomic E-state index is -4.59. The van der Waals surface area contributed by atoms with E-state index in [0.717, 1.165) is 10.9 Å². The van der Waals surface area contributed by atoms with Crippen molar-refractivity contribution in [2.24, 2.45) is 7.05 Å². The van der Waals surface area contributed by atoms with Gasteiger partial charge < -0.3 is 0 Å². The largest absolute Gasteiger partial charge is 0.433 e. The maximum atomic E-state index is 13.6. The van der Waals surface area contributed by atoms with Crippen LogP contribution in [0.1, 0.15) is 5.69 Å². The molecule has 1 aromatic heterocycles. The van der Waals surface area contributed by atoms with E-state index in [2.05, 4.69) is 5.10 Å². The van der Waals surface area contributed by atoms with Crippen molar-refractivity contribution in [3.8, 4) is 22.4 Å². The van der Waals surface area contributed by atoms with Gasteiger partial charge in [0.15, 0.2) is 15.5 Å². The van der Waals surface area contributed by atoms with Gasteiger partial charge in [0.25, 0.3) is 0 Å². The molecule has 0 aliphatic rings. The first-order valence-electron chi connectivity index (χ1n) is 7.59.